The smallest absolute Gasteiger partial charge is 0.313 e. The zero-order chi connectivity index (χ0) is 14.3. The Morgan fingerprint density at radius 3 is 2.58 bits per heavy atom. The molecular formula is C14H22N2O3. The molecular weight excluding hydrogens is 244 g/mol. The van der Waals surface area contributed by atoms with E-state index in [4.69, 9.17) is 10.7 Å². The van der Waals surface area contributed by atoms with E-state index in [-0.39, 0.29) is 0 Å². The summed E-state index contributed by atoms with van der Waals surface area (Å²) in [6.45, 7) is 4.44. The molecule has 0 aliphatic heterocycles. The van der Waals surface area contributed by atoms with Crippen LogP contribution in [-0.2, 0) is 16.2 Å². The molecule has 5 nitrogen and oxygen atoms in total. The Morgan fingerprint density at radius 2 is 2.11 bits per heavy atom. The molecule has 106 valence electrons. The molecule has 2 atom stereocenters. The molecule has 19 heavy (non-hydrogen) atoms. The predicted molar refractivity (Wildman–Crippen MR) is 73.2 cm³/mol. The largest absolute Gasteiger partial charge is 0.481 e. The Labute approximate surface area is 113 Å². The normalized spacial score (nSPS) is 15.7. The van der Waals surface area contributed by atoms with Gasteiger partial charge in [-0.15, -0.1) is 0 Å². The van der Waals surface area contributed by atoms with E-state index < -0.39 is 17.5 Å². The van der Waals surface area contributed by atoms with E-state index in [1.54, 1.807) is 6.92 Å². The number of nitrogens with one attached hydrogen (secondary N) is 1. The van der Waals surface area contributed by atoms with Crippen molar-refractivity contribution < 1.29 is 14.7 Å². The van der Waals surface area contributed by atoms with Gasteiger partial charge in [0, 0.05) is 13.1 Å². The molecule has 5 heteroatoms. The monoisotopic (exact) mass is 266 g/mol. The van der Waals surface area contributed by atoms with Crippen molar-refractivity contribution in [1.82, 2.24) is 5.32 Å². The summed E-state index contributed by atoms with van der Waals surface area (Å²) in [5, 5.41) is 12.6. The van der Waals surface area contributed by atoms with Crippen LogP contribution >= 0.6 is 0 Å². The molecule has 1 aromatic carbocycles. The van der Waals surface area contributed by atoms with Crippen LogP contribution in [0.15, 0.2) is 30.3 Å². The highest BCUT2D eigenvalue weighted by Gasteiger charge is 2.42. The number of carboxylic acid groups (broad SMARTS) is 1. The molecule has 0 radical (unpaired) electrons. The van der Waals surface area contributed by atoms with E-state index >= 15 is 0 Å². The van der Waals surface area contributed by atoms with Crippen molar-refractivity contribution in [2.45, 2.75) is 32.9 Å². The lowest BCUT2D eigenvalue weighted by Gasteiger charge is -2.33. The van der Waals surface area contributed by atoms with E-state index in [2.05, 4.69) is 5.32 Å². The number of rotatable bonds is 8. The van der Waals surface area contributed by atoms with Gasteiger partial charge >= 0.3 is 5.97 Å². The van der Waals surface area contributed by atoms with Gasteiger partial charge in [-0.05, 0) is 18.9 Å². The Morgan fingerprint density at radius 1 is 1.47 bits per heavy atom. The van der Waals surface area contributed by atoms with Crippen LogP contribution in [0.2, 0.25) is 0 Å². The van der Waals surface area contributed by atoms with Crippen LogP contribution in [0, 0.1) is 5.41 Å². The lowest BCUT2D eigenvalue weighted by molar-refractivity contribution is -0.159. The van der Waals surface area contributed by atoms with Crippen LogP contribution < -0.4 is 11.2 Å². The first-order valence-corrected chi connectivity index (χ1v) is 6.40. The van der Waals surface area contributed by atoms with E-state index in [0.717, 1.165) is 5.56 Å². The van der Waals surface area contributed by atoms with Gasteiger partial charge in [-0.1, -0.05) is 37.3 Å². The van der Waals surface area contributed by atoms with Crippen LogP contribution in [0.4, 0.5) is 0 Å². The topological polar surface area (TPSA) is 84.6 Å². The third-order valence-electron chi connectivity index (χ3n) is 3.65. The number of carbonyl (C=O) groups is 1. The molecule has 0 aromatic heterocycles. The second-order valence-electron chi connectivity index (χ2n) is 4.68. The number of hydrogen-bond donors (Lipinski definition) is 3. The SMILES string of the molecule is CCC(CNCc1ccccc1)(C(=O)O)C(C)ON. The van der Waals surface area contributed by atoms with Crippen molar-refractivity contribution in [2.24, 2.45) is 11.3 Å². The number of carboxylic acids is 1. The lowest BCUT2D eigenvalue weighted by atomic mass is 9.80. The number of benzene rings is 1. The average Bonchev–Trinajstić information content (AvgIpc) is 2.44. The number of nitrogens with two attached hydrogens (primary N) is 1. The first-order chi connectivity index (χ1) is 9.06. The van der Waals surface area contributed by atoms with Crippen LogP contribution in [0.3, 0.4) is 0 Å². The van der Waals surface area contributed by atoms with Gasteiger partial charge < -0.3 is 15.3 Å². The minimum absolute atomic E-state index is 0.312. The summed E-state index contributed by atoms with van der Waals surface area (Å²) in [5.41, 5.74) is 0.1000. The summed E-state index contributed by atoms with van der Waals surface area (Å²) in [6, 6.07) is 9.83. The second-order valence-corrected chi connectivity index (χ2v) is 4.68. The average molecular weight is 266 g/mol. The van der Waals surface area contributed by atoms with Gasteiger partial charge in [-0.2, -0.15) is 0 Å². The Bertz CT molecular complexity index is 397. The molecule has 0 aliphatic carbocycles. The first-order valence-electron chi connectivity index (χ1n) is 6.40. The van der Waals surface area contributed by atoms with Gasteiger partial charge in [0.15, 0.2) is 0 Å². The third-order valence-corrected chi connectivity index (χ3v) is 3.65. The standard InChI is InChI=1S/C14H22N2O3/c1-3-14(13(17)18,11(2)19-15)10-16-9-12-7-5-4-6-8-12/h4-8,11,16H,3,9-10,15H2,1-2H3,(H,17,18). The summed E-state index contributed by atoms with van der Waals surface area (Å²) >= 11 is 0. The highest BCUT2D eigenvalue weighted by molar-refractivity contribution is 5.75. The number of hydrogen-bond acceptors (Lipinski definition) is 4. The molecule has 0 aliphatic rings. The number of aliphatic carboxylic acids is 1. The van der Waals surface area contributed by atoms with Crippen molar-refractivity contribution in [3.63, 3.8) is 0 Å². The molecule has 0 fully saturated rings. The van der Waals surface area contributed by atoms with Crippen LogP contribution in [0.1, 0.15) is 25.8 Å². The van der Waals surface area contributed by atoms with Crippen molar-refractivity contribution in [3.8, 4) is 0 Å². The van der Waals surface area contributed by atoms with Crippen LogP contribution in [-0.4, -0.2) is 23.7 Å². The van der Waals surface area contributed by atoms with Crippen molar-refractivity contribution in [1.29, 1.82) is 0 Å². The first kappa shape index (κ1) is 15.6. The molecule has 4 N–H and O–H groups in total. The molecule has 0 saturated heterocycles. The van der Waals surface area contributed by atoms with Gasteiger partial charge in [-0.25, -0.2) is 5.90 Å². The fourth-order valence-corrected chi connectivity index (χ4v) is 2.11. The quantitative estimate of drug-likeness (QED) is 0.621. The van der Waals surface area contributed by atoms with Crippen LogP contribution in [0.5, 0.6) is 0 Å². The maximum absolute atomic E-state index is 11.5. The summed E-state index contributed by atoms with van der Waals surface area (Å²) in [4.78, 5) is 16.3. The van der Waals surface area contributed by atoms with E-state index in [1.807, 2.05) is 37.3 Å². The summed E-state index contributed by atoms with van der Waals surface area (Å²) in [6.07, 6.45) is -0.110. The predicted octanol–water partition coefficient (Wildman–Crippen LogP) is 1.54. The Kier molecular flexibility index (Phi) is 5.95. The van der Waals surface area contributed by atoms with Crippen molar-refractivity contribution >= 4 is 5.97 Å². The maximum Gasteiger partial charge on any atom is 0.313 e. The van der Waals surface area contributed by atoms with Gasteiger partial charge in [-0.3, -0.25) is 4.79 Å². The van der Waals surface area contributed by atoms with E-state index in [1.165, 1.54) is 0 Å². The highest BCUT2D eigenvalue weighted by atomic mass is 16.6. The van der Waals surface area contributed by atoms with Crippen LogP contribution in [0.25, 0.3) is 0 Å². The summed E-state index contributed by atoms with van der Waals surface area (Å²) < 4.78 is 0. The highest BCUT2D eigenvalue weighted by Crippen LogP contribution is 2.28. The van der Waals surface area contributed by atoms with Crippen molar-refractivity contribution in [3.05, 3.63) is 35.9 Å². The van der Waals surface area contributed by atoms with Gasteiger partial charge in [0.1, 0.15) is 5.41 Å². The molecule has 1 aromatic rings. The van der Waals surface area contributed by atoms with Gasteiger partial charge in [0.2, 0.25) is 0 Å². The molecule has 0 bridgehead atoms. The Balaban J connectivity index is 2.66. The molecule has 2 unspecified atom stereocenters. The Hall–Kier alpha value is -1.43. The van der Waals surface area contributed by atoms with Crippen molar-refractivity contribution in [2.75, 3.05) is 6.54 Å². The molecule has 0 spiro atoms. The summed E-state index contributed by atoms with van der Waals surface area (Å²) in [7, 11) is 0. The summed E-state index contributed by atoms with van der Waals surface area (Å²) in [5.74, 6) is 4.27. The van der Waals surface area contributed by atoms with E-state index in [0.29, 0.717) is 19.5 Å². The third kappa shape index (κ3) is 3.76. The fraction of sp³-hybridized carbons (Fsp3) is 0.500. The minimum Gasteiger partial charge on any atom is -0.481 e. The zero-order valence-corrected chi connectivity index (χ0v) is 11.4. The fourth-order valence-electron chi connectivity index (χ4n) is 2.11. The lowest BCUT2D eigenvalue weighted by Crippen LogP contribution is -2.49. The van der Waals surface area contributed by atoms with Gasteiger partial charge in [0.05, 0.1) is 6.10 Å². The molecule has 0 amide bonds. The second kappa shape index (κ2) is 7.23. The molecule has 1 rings (SSSR count). The maximum atomic E-state index is 11.5. The van der Waals surface area contributed by atoms with Gasteiger partial charge in [0.25, 0.3) is 0 Å². The minimum atomic E-state index is -1.01. The van der Waals surface area contributed by atoms with E-state index in [9.17, 15) is 9.90 Å². The molecule has 0 heterocycles. The zero-order valence-electron chi connectivity index (χ0n) is 11.4. The molecule has 0 saturated carbocycles.